The molecule has 0 saturated heterocycles. The number of carbonyl (C=O) groups excluding carboxylic acids is 1. The van der Waals surface area contributed by atoms with E-state index >= 15 is 0 Å². The van der Waals surface area contributed by atoms with E-state index in [2.05, 4.69) is 10.6 Å². The van der Waals surface area contributed by atoms with E-state index < -0.39 is 10.8 Å². The van der Waals surface area contributed by atoms with E-state index in [1.807, 2.05) is 14.0 Å². The number of hydrogen-bond acceptors (Lipinski definition) is 4. The average Bonchev–Trinajstić information content (AvgIpc) is 2.35. The molecule has 6 heteroatoms. The predicted octanol–water partition coefficient (Wildman–Crippen LogP) is 1.49. The molecule has 104 valence electrons. The fourth-order valence-electron chi connectivity index (χ4n) is 1.87. The van der Waals surface area contributed by atoms with Crippen LogP contribution < -0.4 is 10.6 Å². The Kier molecular flexibility index (Phi) is 5.44. The van der Waals surface area contributed by atoms with Crippen molar-refractivity contribution in [2.24, 2.45) is 5.92 Å². The Labute approximate surface area is 112 Å². The van der Waals surface area contributed by atoms with Gasteiger partial charge in [-0.05, 0) is 32.5 Å². The van der Waals surface area contributed by atoms with Crippen LogP contribution in [0, 0.1) is 23.0 Å². The average molecular weight is 265 g/mol. The standard InChI is InChI=1S/C13H19N3O3/c1-9(7-14-3)8-15-13(17)11-6-4-5-10(2)12(11)16(18)19/h4-6,9,14H,7-8H2,1-3H3,(H,15,17). The third-order valence-electron chi connectivity index (χ3n) is 2.83. The van der Waals surface area contributed by atoms with Crippen LogP contribution in [-0.4, -0.2) is 31.0 Å². The third kappa shape index (κ3) is 4.03. The lowest BCUT2D eigenvalue weighted by atomic mass is 10.1. The van der Waals surface area contributed by atoms with Crippen LogP contribution in [0.15, 0.2) is 18.2 Å². The first-order chi connectivity index (χ1) is 8.97. The van der Waals surface area contributed by atoms with Gasteiger partial charge >= 0.3 is 0 Å². The number of nitro groups is 1. The Bertz CT molecular complexity index is 474. The summed E-state index contributed by atoms with van der Waals surface area (Å²) < 4.78 is 0. The van der Waals surface area contributed by atoms with Gasteiger partial charge in [0.05, 0.1) is 4.92 Å². The van der Waals surface area contributed by atoms with Crippen molar-refractivity contribution < 1.29 is 9.72 Å². The van der Waals surface area contributed by atoms with E-state index in [1.165, 1.54) is 6.07 Å². The molecule has 0 bridgehead atoms. The highest BCUT2D eigenvalue weighted by Gasteiger charge is 2.22. The number of benzene rings is 1. The minimum Gasteiger partial charge on any atom is -0.352 e. The molecule has 0 aliphatic rings. The van der Waals surface area contributed by atoms with Crippen molar-refractivity contribution >= 4 is 11.6 Å². The Hall–Kier alpha value is -1.95. The van der Waals surface area contributed by atoms with Crippen molar-refractivity contribution in [3.63, 3.8) is 0 Å². The summed E-state index contributed by atoms with van der Waals surface area (Å²) in [5.41, 5.74) is 0.476. The minimum absolute atomic E-state index is 0.113. The molecule has 0 spiro atoms. The van der Waals surface area contributed by atoms with E-state index in [-0.39, 0.29) is 17.2 Å². The molecule has 0 saturated carbocycles. The smallest absolute Gasteiger partial charge is 0.285 e. The summed E-state index contributed by atoms with van der Waals surface area (Å²) in [5, 5.41) is 16.7. The summed E-state index contributed by atoms with van der Waals surface area (Å²) in [5.74, 6) is -0.142. The SMILES string of the molecule is CNCC(C)CNC(=O)c1cccc(C)c1[N+](=O)[O-]. The van der Waals surface area contributed by atoms with Crippen LogP contribution in [0.1, 0.15) is 22.8 Å². The summed E-state index contributed by atoms with van der Waals surface area (Å²) in [6, 6.07) is 4.75. The van der Waals surface area contributed by atoms with E-state index in [0.29, 0.717) is 12.1 Å². The second-order valence-corrected chi connectivity index (χ2v) is 4.60. The molecule has 0 aliphatic heterocycles. The van der Waals surface area contributed by atoms with E-state index in [4.69, 9.17) is 0 Å². The molecular formula is C13H19N3O3. The van der Waals surface area contributed by atoms with E-state index in [1.54, 1.807) is 19.1 Å². The fourth-order valence-corrected chi connectivity index (χ4v) is 1.87. The molecule has 0 radical (unpaired) electrons. The zero-order valence-corrected chi connectivity index (χ0v) is 11.4. The number of aryl methyl sites for hydroxylation is 1. The number of rotatable bonds is 6. The molecule has 1 unspecified atom stereocenters. The normalized spacial score (nSPS) is 11.9. The molecule has 1 atom stereocenters. The molecule has 0 aromatic heterocycles. The number of nitrogens with one attached hydrogen (secondary N) is 2. The van der Waals surface area contributed by atoms with Crippen molar-refractivity contribution in [1.29, 1.82) is 0 Å². The molecule has 6 nitrogen and oxygen atoms in total. The van der Waals surface area contributed by atoms with E-state index in [9.17, 15) is 14.9 Å². The summed E-state index contributed by atoms with van der Waals surface area (Å²) in [7, 11) is 1.84. The molecule has 19 heavy (non-hydrogen) atoms. The fraction of sp³-hybridized carbons (Fsp3) is 0.462. The van der Waals surface area contributed by atoms with Gasteiger partial charge in [0, 0.05) is 12.1 Å². The first-order valence-corrected chi connectivity index (χ1v) is 6.14. The highest BCUT2D eigenvalue weighted by atomic mass is 16.6. The predicted molar refractivity (Wildman–Crippen MR) is 73.3 cm³/mol. The van der Waals surface area contributed by atoms with Gasteiger partial charge in [0.25, 0.3) is 11.6 Å². The summed E-state index contributed by atoms with van der Waals surface area (Å²) in [4.78, 5) is 22.5. The molecule has 1 rings (SSSR count). The van der Waals surface area contributed by atoms with Crippen LogP contribution in [0.3, 0.4) is 0 Å². The van der Waals surface area contributed by atoms with Gasteiger partial charge in [-0.25, -0.2) is 0 Å². The van der Waals surface area contributed by atoms with Gasteiger partial charge < -0.3 is 10.6 Å². The quantitative estimate of drug-likeness (QED) is 0.603. The highest BCUT2D eigenvalue weighted by Crippen LogP contribution is 2.22. The third-order valence-corrected chi connectivity index (χ3v) is 2.83. The Morgan fingerprint density at radius 1 is 1.42 bits per heavy atom. The zero-order chi connectivity index (χ0) is 14.4. The number of amides is 1. The molecule has 1 aromatic carbocycles. The van der Waals surface area contributed by atoms with Crippen molar-refractivity contribution in [3.05, 3.63) is 39.4 Å². The molecule has 0 fully saturated rings. The van der Waals surface area contributed by atoms with Crippen LogP contribution in [0.4, 0.5) is 5.69 Å². The maximum atomic E-state index is 12.0. The van der Waals surface area contributed by atoms with Crippen molar-refractivity contribution in [1.82, 2.24) is 10.6 Å². The lowest BCUT2D eigenvalue weighted by Gasteiger charge is -2.12. The Balaban J connectivity index is 2.83. The zero-order valence-electron chi connectivity index (χ0n) is 11.4. The van der Waals surface area contributed by atoms with Gasteiger partial charge in [-0.15, -0.1) is 0 Å². The van der Waals surface area contributed by atoms with Crippen molar-refractivity contribution in [3.8, 4) is 0 Å². The number of nitro benzene ring substituents is 1. The number of hydrogen-bond donors (Lipinski definition) is 2. The maximum absolute atomic E-state index is 12.0. The van der Waals surface area contributed by atoms with Gasteiger partial charge in [0.2, 0.25) is 0 Å². The Morgan fingerprint density at radius 3 is 2.68 bits per heavy atom. The molecule has 0 aliphatic carbocycles. The van der Waals surface area contributed by atoms with Gasteiger partial charge in [0.1, 0.15) is 5.56 Å². The second-order valence-electron chi connectivity index (χ2n) is 4.60. The number of para-hydroxylation sites is 1. The number of carbonyl (C=O) groups is 1. The van der Waals surface area contributed by atoms with Gasteiger partial charge in [-0.1, -0.05) is 19.1 Å². The molecule has 1 amide bonds. The highest BCUT2D eigenvalue weighted by molar-refractivity contribution is 5.98. The maximum Gasteiger partial charge on any atom is 0.285 e. The van der Waals surface area contributed by atoms with Gasteiger partial charge in [0.15, 0.2) is 0 Å². The second kappa shape index (κ2) is 6.84. The lowest BCUT2D eigenvalue weighted by molar-refractivity contribution is -0.385. The lowest BCUT2D eigenvalue weighted by Crippen LogP contribution is -2.32. The van der Waals surface area contributed by atoms with Crippen molar-refractivity contribution in [2.75, 3.05) is 20.1 Å². The summed E-state index contributed by atoms with van der Waals surface area (Å²) in [6.07, 6.45) is 0. The number of nitrogens with zero attached hydrogens (tertiary/aromatic N) is 1. The minimum atomic E-state index is -0.513. The molecular weight excluding hydrogens is 246 g/mol. The van der Waals surface area contributed by atoms with Crippen LogP contribution in [0.2, 0.25) is 0 Å². The van der Waals surface area contributed by atoms with Crippen LogP contribution in [0.25, 0.3) is 0 Å². The van der Waals surface area contributed by atoms with Crippen LogP contribution in [-0.2, 0) is 0 Å². The van der Waals surface area contributed by atoms with Crippen LogP contribution >= 0.6 is 0 Å². The molecule has 1 aromatic rings. The van der Waals surface area contributed by atoms with Crippen molar-refractivity contribution in [2.45, 2.75) is 13.8 Å². The summed E-state index contributed by atoms with van der Waals surface area (Å²) in [6.45, 7) is 4.86. The first-order valence-electron chi connectivity index (χ1n) is 6.14. The first kappa shape index (κ1) is 15.1. The van der Waals surface area contributed by atoms with Gasteiger partial charge in [-0.2, -0.15) is 0 Å². The monoisotopic (exact) mass is 265 g/mol. The van der Waals surface area contributed by atoms with Gasteiger partial charge in [-0.3, -0.25) is 14.9 Å². The topological polar surface area (TPSA) is 84.3 Å². The van der Waals surface area contributed by atoms with Crippen LogP contribution in [0.5, 0.6) is 0 Å². The largest absolute Gasteiger partial charge is 0.352 e. The summed E-state index contributed by atoms with van der Waals surface area (Å²) >= 11 is 0. The van der Waals surface area contributed by atoms with E-state index in [0.717, 1.165) is 6.54 Å². The molecule has 0 heterocycles. The Morgan fingerprint density at radius 2 is 2.11 bits per heavy atom. The molecule has 2 N–H and O–H groups in total.